The molecule has 0 spiro atoms. The molecule has 3 N–H and O–H groups in total. The number of nitrogens with two attached hydrogens (primary N) is 1. The van der Waals surface area contributed by atoms with E-state index in [1.165, 1.54) is 38.5 Å². The van der Waals surface area contributed by atoms with Gasteiger partial charge < -0.3 is 16.0 Å². The Hall–Kier alpha value is -1.71. The average Bonchev–Trinajstić information content (AvgIpc) is 3.16. The Balaban J connectivity index is 1.66. The molecule has 3 aliphatic rings. The monoisotopic (exact) mass is 285 g/mol. The molecule has 2 aliphatic heterocycles. The highest BCUT2D eigenvalue weighted by molar-refractivity contribution is 6.01. The molecule has 1 unspecified atom stereocenters. The molecule has 21 heavy (non-hydrogen) atoms. The highest BCUT2D eigenvalue weighted by Crippen LogP contribution is 2.41. The number of hydrogen-bond acceptors (Lipinski definition) is 3. The van der Waals surface area contributed by atoms with Crippen molar-refractivity contribution in [2.45, 2.75) is 51.0 Å². The maximum atomic E-state index is 11.6. The zero-order chi connectivity index (χ0) is 14.4. The van der Waals surface area contributed by atoms with Crippen LogP contribution in [0, 0.1) is 5.92 Å². The molecule has 1 atom stereocenters. The molecule has 2 heterocycles. The maximum absolute atomic E-state index is 11.6. The number of hydrogen-bond donors (Lipinski definition) is 2. The van der Waals surface area contributed by atoms with Crippen molar-refractivity contribution < 1.29 is 4.79 Å². The van der Waals surface area contributed by atoms with Crippen molar-refractivity contribution in [1.29, 1.82) is 0 Å². The van der Waals surface area contributed by atoms with Crippen LogP contribution >= 0.6 is 0 Å². The standard InChI is InChI=1S/C17H23N3O/c18-13-8-12-9-17(21)19-14(12)10-16(13)20-7-3-6-15(20)11-4-1-2-5-11/h8,10-11,15H,1-7,9,18H2,(H,19,21). The van der Waals surface area contributed by atoms with Gasteiger partial charge in [-0.3, -0.25) is 4.79 Å². The van der Waals surface area contributed by atoms with Crippen LogP contribution in [0.3, 0.4) is 0 Å². The third-order valence-electron chi connectivity index (χ3n) is 5.43. The molecule has 0 radical (unpaired) electrons. The van der Waals surface area contributed by atoms with Crippen LogP contribution in [0.2, 0.25) is 0 Å². The van der Waals surface area contributed by atoms with Gasteiger partial charge in [-0.25, -0.2) is 0 Å². The molecule has 0 aromatic heterocycles. The molecule has 0 bridgehead atoms. The van der Waals surface area contributed by atoms with E-state index < -0.39 is 0 Å². The van der Waals surface area contributed by atoms with Crippen LogP contribution in [0.5, 0.6) is 0 Å². The Morgan fingerprint density at radius 1 is 1.14 bits per heavy atom. The quantitative estimate of drug-likeness (QED) is 0.821. The molecule has 1 aromatic rings. The number of nitrogen functional groups attached to an aromatic ring is 1. The lowest BCUT2D eigenvalue weighted by Gasteiger charge is -2.32. The van der Waals surface area contributed by atoms with Gasteiger partial charge in [0.05, 0.1) is 17.8 Å². The Bertz CT molecular complexity index is 578. The zero-order valence-corrected chi connectivity index (χ0v) is 12.4. The minimum Gasteiger partial charge on any atom is -0.397 e. The van der Waals surface area contributed by atoms with E-state index in [2.05, 4.69) is 16.3 Å². The third kappa shape index (κ3) is 2.17. The fraction of sp³-hybridized carbons (Fsp3) is 0.588. The lowest BCUT2D eigenvalue weighted by atomic mass is 9.95. The number of anilines is 3. The van der Waals surface area contributed by atoms with Crippen molar-refractivity contribution in [2.24, 2.45) is 5.92 Å². The van der Waals surface area contributed by atoms with Gasteiger partial charge in [-0.05, 0) is 49.3 Å². The molecular formula is C17H23N3O. The molecular weight excluding hydrogens is 262 g/mol. The molecule has 1 aliphatic carbocycles. The van der Waals surface area contributed by atoms with Gasteiger partial charge in [0, 0.05) is 18.3 Å². The molecule has 1 saturated heterocycles. The summed E-state index contributed by atoms with van der Waals surface area (Å²) >= 11 is 0. The second-order valence-electron chi connectivity index (χ2n) is 6.74. The topological polar surface area (TPSA) is 58.4 Å². The lowest BCUT2D eigenvalue weighted by molar-refractivity contribution is -0.115. The highest BCUT2D eigenvalue weighted by Gasteiger charge is 2.34. The fourth-order valence-electron chi connectivity index (χ4n) is 4.45. The van der Waals surface area contributed by atoms with E-state index in [1.54, 1.807) is 0 Å². The summed E-state index contributed by atoms with van der Waals surface area (Å²) in [6, 6.07) is 4.74. The molecule has 112 valence electrons. The molecule has 2 fully saturated rings. The second kappa shape index (κ2) is 4.93. The summed E-state index contributed by atoms with van der Waals surface area (Å²) in [7, 11) is 0. The number of carbonyl (C=O) groups is 1. The van der Waals surface area contributed by atoms with Gasteiger partial charge in [-0.2, -0.15) is 0 Å². The van der Waals surface area contributed by atoms with Crippen LogP contribution in [-0.2, 0) is 11.2 Å². The predicted molar refractivity (Wildman–Crippen MR) is 85.5 cm³/mol. The van der Waals surface area contributed by atoms with Gasteiger partial charge in [0.15, 0.2) is 0 Å². The Morgan fingerprint density at radius 3 is 2.76 bits per heavy atom. The number of benzene rings is 1. The summed E-state index contributed by atoms with van der Waals surface area (Å²) in [4.78, 5) is 14.1. The average molecular weight is 285 g/mol. The van der Waals surface area contributed by atoms with Crippen molar-refractivity contribution in [3.05, 3.63) is 17.7 Å². The number of nitrogens with one attached hydrogen (secondary N) is 1. The van der Waals surface area contributed by atoms with E-state index in [4.69, 9.17) is 5.73 Å². The Kier molecular flexibility index (Phi) is 3.05. The van der Waals surface area contributed by atoms with Crippen LogP contribution in [-0.4, -0.2) is 18.5 Å². The number of carbonyl (C=O) groups excluding carboxylic acids is 1. The SMILES string of the molecule is Nc1cc2c(cc1N1CCCC1C1CCCC1)NC(=O)C2. The van der Waals surface area contributed by atoms with Gasteiger partial charge in [0.2, 0.25) is 5.91 Å². The first-order chi connectivity index (χ1) is 10.2. The van der Waals surface area contributed by atoms with Gasteiger partial charge >= 0.3 is 0 Å². The normalized spacial score (nSPS) is 25.4. The minimum absolute atomic E-state index is 0.0790. The molecule has 1 aromatic carbocycles. The zero-order valence-electron chi connectivity index (χ0n) is 12.4. The van der Waals surface area contributed by atoms with Gasteiger partial charge in [-0.15, -0.1) is 0 Å². The fourth-order valence-corrected chi connectivity index (χ4v) is 4.45. The maximum Gasteiger partial charge on any atom is 0.228 e. The third-order valence-corrected chi connectivity index (χ3v) is 5.43. The molecule has 1 saturated carbocycles. The minimum atomic E-state index is 0.0790. The summed E-state index contributed by atoms with van der Waals surface area (Å²) in [5.41, 5.74) is 10.3. The first-order valence-corrected chi connectivity index (χ1v) is 8.21. The van der Waals surface area contributed by atoms with Crippen molar-refractivity contribution in [1.82, 2.24) is 0 Å². The molecule has 4 heteroatoms. The van der Waals surface area contributed by atoms with Gasteiger partial charge in [0.25, 0.3) is 0 Å². The molecule has 4 nitrogen and oxygen atoms in total. The smallest absolute Gasteiger partial charge is 0.228 e. The van der Waals surface area contributed by atoms with Crippen LogP contribution in [0.15, 0.2) is 12.1 Å². The van der Waals surface area contributed by atoms with E-state index in [-0.39, 0.29) is 5.91 Å². The van der Waals surface area contributed by atoms with E-state index in [0.717, 1.165) is 35.1 Å². The number of amides is 1. The van der Waals surface area contributed by atoms with Crippen molar-refractivity contribution in [3.8, 4) is 0 Å². The Morgan fingerprint density at radius 2 is 1.95 bits per heavy atom. The van der Waals surface area contributed by atoms with E-state index in [9.17, 15) is 4.79 Å². The van der Waals surface area contributed by atoms with E-state index in [0.29, 0.717) is 12.5 Å². The summed E-state index contributed by atoms with van der Waals surface area (Å²) in [6.45, 7) is 1.10. The molecule has 4 rings (SSSR count). The first kappa shape index (κ1) is 13.0. The largest absolute Gasteiger partial charge is 0.397 e. The second-order valence-corrected chi connectivity index (χ2v) is 6.74. The first-order valence-electron chi connectivity index (χ1n) is 8.21. The van der Waals surface area contributed by atoms with E-state index in [1.807, 2.05) is 6.07 Å². The van der Waals surface area contributed by atoms with Gasteiger partial charge in [0.1, 0.15) is 0 Å². The number of rotatable bonds is 2. The van der Waals surface area contributed by atoms with Crippen molar-refractivity contribution in [2.75, 3.05) is 22.5 Å². The summed E-state index contributed by atoms with van der Waals surface area (Å²) < 4.78 is 0. The van der Waals surface area contributed by atoms with Crippen LogP contribution < -0.4 is 16.0 Å². The van der Waals surface area contributed by atoms with Crippen LogP contribution in [0.4, 0.5) is 17.1 Å². The van der Waals surface area contributed by atoms with Crippen LogP contribution in [0.25, 0.3) is 0 Å². The van der Waals surface area contributed by atoms with E-state index >= 15 is 0 Å². The lowest BCUT2D eigenvalue weighted by Crippen LogP contribution is -2.35. The Labute approximate surface area is 125 Å². The summed E-state index contributed by atoms with van der Waals surface area (Å²) in [5, 5.41) is 2.95. The predicted octanol–water partition coefficient (Wildman–Crippen LogP) is 2.92. The summed E-state index contributed by atoms with van der Waals surface area (Å²) in [6.07, 6.45) is 8.49. The summed E-state index contributed by atoms with van der Waals surface area (Å²) in [5.74, 6) is 0.907. The van der Waals surface area contributed by atoms with Crippen molar-refractivity contribution in [3.63, 3.8) is 0 Å². The number of fused-ring (bicyclic) bond motifs is 1. The van der Waals surface area contributed by atoms with Gasteiger partial charge in [-0.1, -0.05) is 12.8 Å². The highest BCUT2D eigenvalue weighted by atomic mass is 16.1. The van der Waals surface area contributed by atoms with Crippen molar-refractivity contribution >= 4 is 23.0 Å². The molecule has 1 amide bonds. The number of nitrogens with zero attached hydrogens (tertiary/aromatic N) is 1. The van der Waals surface area contributed by atoms with Crippen LogP contribution in [0.1, 0.15) is 44.1 Å².